The lowest BCUT2D eigenvalue weighted by molar-refractivity contribution is -0.0573. The van der Waals surface area contributed by atoms with Crippen LogP contribution in [0, 0.1) is 5.82 Å². The first-order valence-corrected chi connectivity index (χ1v) is 6.91. The van der Waals surface area contributed by atoms with Crippen molar-refractivity contribution in [1.29, 1.82) is 0 Å². The highest BCUT2D eigenvalue weighted by Crippen LogP contribution is 2.30. The van der Waals surface area contributed by atoms with Gasteiger partial charge in [-0.2, -0.15) is 0 Å². The van der Waals surface area contributed by atoms with Gasteiger partial charge in [-0.1, -0.05) is 6.07 Å². The van der Waals surface area contributed by atoms with Crippen LogP contribution in [0.5, 0.6) is 0 Å². The van der Waals surface area contributed by atoms with Crippen LogP contribution in [0.3, 0.4) is 0 Å². The van der Waals surface area contributed by atoms with E-state index in [0.717, 1.165) is 0 Å². The van der Waals surface area contributed by atoms with Crippen molar-refractivity contribution in [3.63, 3.8) is 0 Å². The number of halogens is 1. The summed E-state index contributed by atoms with van der Waals surface area (Å²) in [7, 11) is 1.80. The molecule has 1 aliphatic heterocycles. The minimum Gasteiger partial charge on any atom is -0.389 e. The smallest absolute Gasteiger partial charge is 0.131 e. The van der Waals surface area contributed by atoms with Crippen molar-refractivity contribution in [2.45, 2.75) is 31.5 Å². The van der Waals surface area contributed by atoms with Crippen LogP contribution in [-0.2, 0) is 4.74 Å². The molecule has 1 saturated heterocycles. The standard InChI is InChI=1S/C15H22FNO3/c1-11(18)14-12(16)4-3-5-13(14)17(2)10-15(19)6-8-20-9-7-15/h3-5,11,18-19H,6-10H2,1-2H3/t11-/m0/s1. The Morgan fingerprint density at radius 2 is 2.05 bits per heavy atom. The van der Waals surface area contributed by atoms with Gasteiger partial charge in [0.1, 0.15) is 5.82 Å². The molecule has 1 atom stereocenters. The van der Waals surface area contributed by atoms with Gasteiger partial charge in [0.2, 0.25) is 0 Å². The summed E-state index contributed by atoms with van der Waals surface area (Å²) in [4.78, 5) is 1.80. The van der Waals surface area contributed by atoms with E-state index < -0.39 is 17.5 Å². The molecular weight excluding hydrogens is 261 g/mol. The van der Waals surface area contributed by atoms with E-state index in [4.69, 9.17) is 4.74 Å². The van der Waals surface area contributed by atoms with Crippen molar-refractivity contribution in [3.8, 4) is 0 Å². The molecule has 0 unspecified atom stereocenters. The maximum Gasteiger partial charge on any atom is 0.131 e. The molecule has 0 spiro atoms. The molecule has 5 heteroatoms. The highest BCUT2D eigenvalue weighted by Gasteiger charge is 2.32. The monoisotopic (exact) mass is 283 g/mol. The molecule has 0 saturated carbocycles. The Balaban J connectivity index is 2.20. The second kappa shape index (κ2) is 6.08. The van der Waals surface area contributed by atoms with Gasteiger partial charge >= 0.3 is 0 Å². The van der Waals surface area contributed by atoms with Crippen LogP contribution in [0.15, 0.2) is 18.2 Å². The van der Waals surface area contributed by atoms with E-state index in [0.29, 0.717) is 38.3 Å². The molecule has 0 radical (unpaired) electrons. The summed E-state index contributed by atoms with van der Waals surface area (Å²) in [6.07, 6.45) is 0.242. The second-order valence-corrected chi connectivity index (χ2v) is 5.54. The normalized spacial score (nSPS) is 19.6. The molecule has 0 aliphatic carbocycles. The van der Waals surface area contributed by atoms with E-state index >= 15 is 0 Å². The molecule has 0 bridgehead atoms. The van der Waals surface area contributed by atoms with E-state index in [1.54, 1.807) is 31.0 Å². The Morgan fingerprint density at radius 3 is 2.65 bits per heavy atom. The van der Waals surface area contributed by atoms with Crippen molar-refractivity contribution in [1.82, 2.24) is 0 Å². The average Bonchev–Trinajstić information content (AvgIpc) is 2.38. The van der Waals surface area contributed by atoms with Gasteiger partial charge in [-0.3, -0.25) is 0 Å². The predicted octanol–water partition coefficient (Wildman–Crippen LogP) is 1.86. The molecule has 1 aromatic rings. The number of nitrogens with zero attached hydrogens (tertiary/aromatic N) is 1. The van der Waals surface area contributed by atoms with Crippen LogP contribution in [-0.4, -0.2) is 42.6 Å². The van der Waals surface area contributed by atoms with Gasteiger partial charge in [-0.25, -0.2) is 4.39 Å². The van der Waals surface area contributed by atoms with E-state index in [-0.39, 0.29) is 5.56 Å². The Kier molecular flexibility index (Phi) is 4.62. The molecule has 1 heterocycles. The first-order valence-electron chi connectivity index (χ1n) is 6.91. The number of hydrogen-bond acceptors (Lipinski definition) is 4. The van der Waals surface area contributed by atoms with Crippen LogP contribution in [0.2, 0.25) is 0 Å². The molecule has 2 N–H and O–H groups in total. The van der Waals surface area contributed by atoms with Crippen molar-refractivity contribution in [3.05, 3.63) is 29.6 Å². The first kappa shape index (κ1) is 15.2. The second-order valence-electron chi connectivity index (χ2n) is 5.54. The topological polar surface area (TPSA) is 52.9 Å². The minimum absolute atomic E-state index is 0.269. The van der Waals surface area contributed by atoms with Crippen molar-refractivity contribution < 1.29 is 19.3 Å². The lowest BCUT2D eigenvalue weighted by Crippen LogP contribution is -2.46. The summed E-state index contributed by atoms with van der Waals surface area (Å²) in [5, 5.41) is 20.3. The van der Waals surface area contributed by atoms with Crippen molar-refractivity contribution >= 4 is 5.69 Å². The molecule has 2 rings (SSSR count). The third-order valence-corrected chi connectivity index (χ3v) is 3.81. The van der Waals surface area contributed by atoms with Crippen LogP contribution >= 0.6 is 0 Å². The van der Waals surface area contributed by atoms with E-state index in [1.807, 2.05) is 0 Å². The number of benzene rings is 1. The van der Waals surface area contributed by atoms with Gasteiger partial charge in [-0.15, -0.1) is 0 Å². The lowest BCUT2D eigenvalue weighted by atomic mass is 9.93. The molecule has 112 valence electrons. The van der Waals surface area contributed by atoms with E-state index in [2.05, 4.69) is 0 Å². The summed E-state index contributed by atoms with van der Waals surface area (Å²) >= 11 is 0. The summed E-state index contributed by atoms with van der Waals surface area (Å²) < 4.78 is 19.1. The average molecular weight is 283 g/mol. The fourth-order valence-electron chi connectivity index (χ4n) is 2.71. The molecule has 20 heavy (non-hydrogen) atoms. The number of rotatable bonds is 4. The molecular formula is C15H22FNO3. The first-order chi connectivity index (χ1) is 9.43. The summed E-state index contributed by atoms with van der Waals surface area (Å²) in [6, 6.07) is 4.71. The van der Waals surface area contributed by atoms with Crippen molar-refractivity contribution in [2.75, 3.05) is 31.7 Å². The number of aliphatic hydroxyl groups is 2. The van der Waals surface area contributed by atoms with Gasteiger partial charge in [0, 0.05) is 50.9 Å². The molecule has 1 aromatic carbocycles. The zero-order valence-corrected chi connectivity index (χ0v) is 12.0. The third kappa shape index (κ3) is 3.29. The van der Waals surface area contributed by atoms with Gasteiger partial charge in [0.05, 0.1) is 11.7 Å². The van der Waals surface area contributed by atoms with Gasteiger partial charge in [-0.05, 0) is 19.1 Å². The van der Waals surface area contributed by atoms with Gasteiger partial charge in [0.15, 0.2) is 0 Å². The number of aliphatic hydroxyl groups excluding tert-OH is 1. The zero-order valence-electron chi connectivity index (χ0n) is 12.0. The maximum atomic E-state index is 13.9. The van der Waals surface area contributed by atoms with Gasteiger partial charge in [0.25, 0.3) is 0 Å². The Bertz CT molecular complexity index is 458. The Labute approximate surface area is 118 Å². The Hall–Kier alpha value is -1.17. The minimum atomic E-state index is -0.891. The number of likely N-dealkylation sites (N-methyl/N-ethyl adjacent to an activating group) is 1. The number of hydrogen-bond donors (Lipinski definition) is 2. The van der Waals surface area contributed by atoms with Crippen LogP contribution in [0.4, 0.5) is 10.1 Å². The summed E-state index contributed by atoms with van der Waals surface area (Å²) in [5.74, 6) is -0.427. The predicted molar refractivity (Wildman–Crippen MR) is 75.3 cm³/mol. The van der Waals surface area contributed by atoms with E-state index in [1.165, 1.54) is 6.07 Å². The fraction of sp³-hybridized carbons (Fsp3) is 0.600. The fourth-order valence-corrected chi connectivity index (χ4v) is 2.71. The summed E-state index contributed by atoms with van der Waals surface area (Å²) in [5.41, 5.74) is 0.0560. The van der Waals surface area contributed by atoms with Gasteiger partial charge < -0.3 is 19.8 Å². The number of ether oxygens (including phenoxy) is 1. The lowest BCUT2D eigenvalue weighted by Gasteiger charge is -2.37. The van der Waals surface area contributed by atoms with Crippen LogP contribution < -0.4 is 4.90 Å². The largest absolute Gasteiger partial charge is 0.389 e. The maximum absolute atomic E-state index is 13.9. The number of anilines is 1. The van der Waals surface area contributed by atoms with Crippen molar-refractivity contribution in [2.24, 2.45) is 0 Å². The highest BCUT2D eigenvalue weighted by molar-refractivity contribution is 5.55. The molecule has 4 nitrogen and oxygen atoms in total. The molecule has 0 aromatic heterocycles. The molecule has 1 aliphatic rings. The highest BCUT2D eigenvalue weighted by atomic mass is 19.1. The molecule has 1 fully saturated rings. The SMILES string of the molecule is C[C@H](O)c1c(F)cccc1N(C)CC1(O)CCOCC1. The zero-order chi connectivity index (χ0) is 14.8. The third-order valence-electron chi connectivity index (χ3n) is 3.81. The van der Waals surface area contributed by atoms with Crippen LogP contribution in [0.25, 0.3) is 0 Å². The summed E-state index contributed by atoms with van der Waals surface area (Å²) in [6.45, 7) is 3.01. The van der Waals surface area contributed by atoms with E-state index in [9.17, 15) is 14.6 Å². The molecule has 0 amide bonds. The van der Waals surface area contributed by atoms with Crippen LogP contribution in [0.1, 0.15) is 31.4 Å². The Morgan fingerprint density at radius 1 is 1.40 bits per heavy atom. The quantitative estimate of drug-likeness (QED) is 0.885.